The van der Waals surface area contributed by atoms with E-state index in [1.54, 1.807) is 45.5 Å². The molecule has 0 unspecified atom stereocenters. The van der Waals surface area contributed by atoms with Crippen LogP contribution >= 0.6 is 11.6 Å². The number of aryl methyl sites for hydroxylation is 1. The predicted molar refractivity (Wildman–Crippen MR) is 137 cm³/mol. The normalized spacial score (nSPS) is 19.3. The Balaban J connectivity index is 1.26. The van der Waals surface area contributed by atoms with E-state index < -0.39 is 6.10 Å². The quantitative estimate of drug-likeness (QED) is 0.346. The number of aromatic nitrogens is 7. The Labute approximate surface area is 215 Å². The second-order valence-electron chi connectivity index (χ2n) is 9.63. The summed E-state index contributed by atoms with van der Waals surface area (Å²) in [5.74, 6) is 1.70. The maximum Gasteiger partial charge on any atom is 0.274 e. The minimum Gasteiger partial charge on any atom is -0.450 e. The van der Waals surface area contributed by atoms with E-state index in [4.69, 9.17) is 16.3 Å². The zero-order valence-electron chi connectivity index (χ0n) is 19.9. The fourth-order valence-corrected chi connectivity index (χ4v) is 5.11. The first-order chi connectivity index (χ1) is 18.0. The number of halogens is 1. The van der Waals surface area contributed by atoms with Gasteiger partial charge in [0.1, 0.15) is 21.7 Å². The molecule has 0 aliphatic heterocycles. The standard InChI is InChI=1S/C25H23ClN8O3/c1-32-22-21(26)20(37-19-11-29-34-7-6-27-9-17(19)34)10-28-23(22)31-25(32)30-15-8-14(13-2-3-13)12-33(24(15)36)16-4-5-18(16)35/h6-13,16,18,35H,2-5H2,1H3,(H,28,30,31)/t16-,18-/m1/s1. The van der Waals surface area contributed by atoms with Gasteiger partial charge in [-0.2, -0.15) is 10.1 Å². The number of hydrogen-bond acceptors (Lipinski definition) is 8. The number of nitrogens with zero attached hydrogens (tertiary/aromatic N) is 7. The molecule has 2 aliphatic rings. The van der Waals surface area contributed by atoms with Crippen LogP contribution in [0.25, 0.3) is 16.7 Å². The molecule has 0 aromatic carbocycles. The van der Waals surface area contributed by atoms with E-state index >= 15 is 0 Å². The lowest BCUT2D eigenvalue weighted by Crippen LogP contribution is -2.39. The molecule has 5 aromatic rings. The van der Waals surface area contributed by atoms with E-state index in [0.717, 1.165) is 24.8 Å². The van der Waals surface area contributed by atoms with Crippen LogP contribution in [0.4, 0.5) is 11.6 Å². The van der Waals surface area contributed by atoms with Crippen molar-refractivity contribution in [2.24, 2.45) is 7.05 Å². The summed E-state index contributed by atoms with van der Waals surface area (Å²) in [5.41, 5.74) is 2.98. The number of ether oxygens (including phenoxy) is 1. The van der Waals surface area contributed by atoms with Crippen LogP contribution in [0.1, 0.15) is 43.2 Å². The highest BCUT2D eigenvalue weighted by molar-refractivity contribution is 6.36. The number of aliphatic hydroxyl groups excluding tert-OH is 1. The highest BCUT2D eigenvalue weighted by Gasteiger charge is 2.33. The summed E-state index contributed by atoms with van der Waals surface area (Å²) in [7, 11) is 1.80. The van der Waals surface area contributed by atoms with Gasteiger partial charge < -0.3 is 24.3 Å². The van der Waals surface area contributed by atoms with Crippen LogP contribution in [-0.2, 0) is 7.05 Å². The third kappa shape index (κ3) is 3.65. The van der Waals surface area contributed by atoms with Gasteiger partial charge in [-0.25, -0.2) is 9.50 Å². The first-order valence-electron chi connectivity index (χ1n) is 12.1. The topological polar surface area (TPSA) is 124 Å². The predicted octanol–water partition coefficient (Wildman–Crippen LogP) is 3.94. The van der Waals surface area contributed by atoms with Gasteiger partial charge in [-0.05, 0) is 43.2 Å². The average molecular weight is 519 g/mol. The fourth-order valence-electron chi connectivity index (χ4n) is 4.82. The molecule has 0 saturated heterocycles. The summed E-state index contributed by atoms with van der Waals surface area (Å²) in [4.78, 5) is 26.5. The molecule has 37 heavy (non-hydrogen) atoms. The van der Waals surface area contributed by atoms with E-state index in [0.29, 0.717) is 57.2 Å². The molecule has 0 spiro atoms. The molecule has 2 saturated carbocycles. The lowest BCUT2D eigenvalue weighted by atomic mass is 9.88. The SMILES string of the molecule is Cn1c(Nc2cc(C3CC3)cn([C@@H]3CC[C@H]3O)c2=O)nc2ncc(Oc3cnn4ccncc34)c(Cl)c21. The number of imidazole rings is 1. The second-order valence-corrected chi connectivity index (χ2v) is 10.0. The van der Waals surface area contributed by atoms with Gasteiger partial charge in [0.25, 0.3) is 5.56 Å². The molecule has 2 N–H and O–H groups in total. The van der Waals surface area contributed by atoms with Crippen molar-refractivity contribution in [2.75, 3.05) is 5.32 Å². The summed E-state index contributed by atoms with van der Waals surface area (Å²) < 4.78 is 11.1. The van der Waals surface area contributed by atoms with Gasteiger partial charge in [-0.3, -0.25) is 9.78 Å². The zero-order valence-corrected chi connectivity index (χ0v) is 20.6. The van der Waals surface area contributed by atoms with Crippen LogP contribution in [0.3, 0.4) is 0 Å². The molecule has 0 radical (unpaired) electrons. The van der Waals surface area contributed by atoms with Crippen molar-refractivity contribution in [1.82, 2.24) is 33.7 Å². The Kier molecular flexibility index (Phi) is 4.98. The summed E-state index contributed by atoms with van der Waals surface area (Å²) >= 11 is 6.76. The molecule has 2 atom stereocenters. The third-order valence-corrected chi connectivity index (χ3v) is 7.60. The number of anilines is 2. The van der Waals surface area contributed by atoms with Crippen molar-refractivity contribution in [1.29, 1.82) is 0 Å². The minimum absolute atomic E-state index is 0.190. The highest BCUT2D eigenvalue weighted by atomic mass is 35.5. The summed E-state index contributed by atoms with van der Waals surface area (Å²) in [6, 6.07) is 1.70. The van der Waals surface area contributed by atoms with Crippen molar-refractivity contribution >= 4 is 39.9 Å². The number of fused-ring (bicyclic) bond motifs is 2. The molecule has 7 rings (SSSR count). The first kappa shape index (κ1) is 22.3. The highest BCUT2D eigenvalue weighted by Crippen LogP contribution is 2.42. The van der Waals surface area contributed by atoms with Gasteiger partial charge in [0.15, 0.2) is 17.1 Å². The van der Waals surface area contributed by atoms with E-state index in [-0.39, 0.29) is 11.6 Å². The summed E-state index contributed by atoms with van der Waals surface area (Å²) in [6.07, 6.45) is 13.2. The Bertz CT molecular complexity index is 1740. The Morgan fingerprint density at radius 1 is 1.16 bits per heavy atom. The second kappa shape index (κ2) is 8.29. The van der Waals surface area contributed by atoms with Crippen LogP contribution in [0.2, 0.25) is 5.02 Å². The van der Waals surface area contributed by atoms with Crippen molar-refractivity contribution in [3.05, 3.63) is 64.2 Å². The largest absolute Gasteiger partial charge is 0.450 e. The van der Waals surface area contributed by atoms with Crippen LogP contribution in [0.15, 0.2) is 48.0 Å². The number of pyridine rings is 2. The number of nitrogens with one attached hydrogen (secondary N) is 1. The van der Waals surface area contributed by atoms with Crippen LogP contribution in [0, 0.1) is 0 Å². The Hall–Kier alpha value is -3.96. The van der Waals surface area contributed by atoms with E-state index in [9.17, 15) is 9.90 Å². The van der Waals surface area contributed by atoms with Crippen molar-refractivity contribution in [3.63, 3.8) is 0 Å². The molecule has 5 heterocycles. The summed E-state index contributed by atoms with van der Waals surface area (Å²) in [5, 5.41) is 18.0. The molecule has 188 valence electrons. The van der Waals surface area contributed by atoms with Gasteiger partial charge in [0.05, 0.1) is 30.7 Å². The molecule has 5 aromatic heterocycles. The molecule has 0 amide bonds. The van der Waals surface area contributed by atoms with Gasteiger partial charge >= 0.3 is 0 Å². The molecule has 2 aliphatic carbocycles. The lowest BCUT2D eigenvalue weighted by Gasteiger charge is -2.34. The van der Waals surface area contributed by atoms with Crippen LogP contribution in [0.5, 0.6) is 11.5 Å². The molecule has 11 nitrogen and oxygen atoms in total. The number of hydrogen-bond donors (Lipinski definition) is 2. The van der Waals surface area contributed by atoms with E-state index in [2.05, 4.69) is 25.4 Å². The maximum atomic E-state index is 13.4. The molecule has 2 fully saturated rings. The number of aliphatic hydroxyl groups is 1. The lowest BCUT2D eigenvalue weighted by molar-refractivity contribution is 0.0299. The Morgan fingerprint density at radius 3 is 2.78 bits per heavy atom. The molecule has 0 bridgehead atoms. The molecule has 12 heteroatoms. The van der Waals surface area contributed by atoms with E-state index in [1.807, 2.05) is 12.3 Å². The van der Waals surface area contributed by atoms with E-state index in [1.165, 1.54) is 6.20 Å². The molecular formula is C25H23ClN8O3. The number of rotatable bonds is 6. The van der Waals surface area contributed by atoms with Crippen molar-refractivity contribution in [3.8, 4) is 11.5 Å². The van der Waals surface area contributed by atoms with Gasteiger partial charge in [-0.15, -0.1) is 0 Å². The monoisotopic (exact) mass is 518 g/mol. The smallest absolute Gasteiger partial charge is 0.274 e. The minimum atomic E-state index is -0.499. The average Bonchev–Trinajstić information content (AvgIpc) is 3.59. The van der Waals surface area contributed by atoms with Crippen molar-refractivity contribution < 1.29 is 9.84 Å². The van der Waals surface area contributed by atoms with Gasteiger partial charge in [0, 0.05) is 25.6 Å². The first-order valence-corrected chi connectivity index (χ1v) is 12.5. The summed E-state index contributed by atoms with van der Waals surface area (Å²) in [6.45, 7) is 0. The van der Waals surface area contributed by atoms with Crippen LogP contribution < -0.4 is 15.6 Å². The van der Waals surface area contributed by atoms with Crippen molar-refractivity contribution in [2.45, 2.75) is 43.7 Å². The van der Waals surface area contributed by atoms with Gasteiger partial charge in [0.2, 0.25) is 5.95 Å². The Morgan fingerprint density at radius 2 is 2.03 bits per heavy atom. The molecular weight excluding hydrogens is 496 g/mol. The van der Waals surface area contributed by atoms with Gasteiger partial charge in [-0.1, -0.05) is 11.6 Å². The maximum absolute atomic E-state index is 13.4. The fraction of sp³-hybridized carbons (Fsp3) is 0.320. The third-order valence-electron chi connectivity index (χ3n) is 7.23. The zero-order chi connectivity index (χ0) is 25.3. The van der Waals surface area contributed by atoms with Crippen LogP contribution in [-0.4, -0.2) is 44.9 Å².